The molecule has 1 amide bonds. The molecule has 0 aromatic heterocycles. The summed E-state index contributed by atoms with van der Waals surface area (Å²) in [5, 5.41) is 7.81. The molecular weight excluding hydrogens is 380 g/mol. The van der Waals surface area contributed by atoms with E-state index in [1.54, 1.807) is 6.26 Å². The highest BCUT2D eigenvalue weighted by molar-refractivity contribution is 9.10. The van der Waals surface area contributed by atoms with Gasteiger partial charge in [0.2, 0.25) is 10.0 Å². The van der Waals surface area contributed by atoms with Crippen molar-refractivity contribution in [2.24, 2.45) is 5.14 Å². The van der Waals surface area contributed by atoms with Gasteiger partial charge in [0.1, 0.15) is 0 Å². The van der Waals surface area contributed by atoms with Crippen LogP contribution in [0, 0.1) is 6.92 Å². The van der Waals surface area contributed by atoms with Gasteiger partial charge in [0.15, 0.2) is 0 Å². The van der Waals surface area contributed by atoms with Crippen molar-refractivity contribution in [3.05, 3.63) is 27.7 Å². The lowest BCUT2D eigenvalue weighted by Crippen LogP contribution is -2.27. The molecule has 21 heavy (non-hydrogen) atoms. The Bertz CT molecular complexity index is 674. The molecule has 1 rings (SSSR count). The Morgan fingerprint density at radius 1 is 1.43 bits per heavy atom. The van der Waals surface area contributed by atoms with Gasteiger partial charge in [-0.25, -0.2) is 13.6 Å². The van der Waals surface area contributed by atoms with E-state index in [4.69, 9.17) is 5.14 Å². The van der Waals surface area contributed by atoms with Gasteiger partial charge in [0.05, 0.1) is 4.90 Å². The van der Waals surface area contributed by atoms with Crippen molar-refractivity contribution in [2.75, 3.05) is 18.6 Å². The Morgan fingerprint density at radius 3 is 2.57 bits per heavy atom. The van der Waals surface area contributed by atoms with Crippen molar-refractivity contribution in [1.29, 1.82) is 0 Å². The number of carbonyl (C=O) groups is 1. The second kappa shape index (κ2) is 7.48. The number of halogens is 1. The molecule has 118 valence electrons. The van der Waals surface area contributed by atoms with Crippen LogP contribution in [-0.4, -0.2) is 37.1 Å². The van der Waals surface area contributed by atoms with E-state index < -0.39 is 20.8 Å². The number of rotatable bonds is 6. The van der Waals surface area contributed by atoms with Crippen LogP contribution in [0.1, 0.15) is 22.3 Å². The van der Waals surface area contributed by atoms with Gasteiger partial charge in [0, 0.05) is 39.4 Å². The van der Waals surface area contributed by atoms with Crippen LogP contribution in [0.15, 0.2) is 21.5 Å². The number of carbonyl (C=O) groups excluding carboxylic acids is 1. The monoisotopic (exact) mass is 396 g/mol. The Labute approximate surface area is 135 Å². The number of nitrogens with one attached hydrogen (secondary N) is 1. The van der Waals surface area contributed by atoms with E-state index in [0.717, 1.165) is 0 Å². The van der Waals surface area contributed by atoms with Crippen LogP contribution in [0.2, 0.25) is 0 Å². The van der Waals surface area contributed by atoms with Crippen molar-refractivity contribution in [1.82, 2.24) is 5.32 Å². The molecule has 0 aliphatic heterocycles. The second-order valence-electron chi connectivity index (χ2n) is 4.51. The fraction of sp³-hybridized carbons (Fsp3) is 0.417. The van der Waals surface area contributed by atoms with Crippen LogP contribution in [-0.2, 0) is 20.8 Å². The average molecular weight is 397 g/mol. The first-order valence-electron chi connectivity index (χ1n) is 6.04. The van der Waals surface area contributed by atoms with Crippen molar-refractivity contribution >= 4 is 42.7 Å². The minimum atomic E-state index is -3.90. The molecule has 0 bridgehead atoms. The topological polar surface area (TPSA) is 106 Å². The van der Waals surface area contributed by atoms with Crippen LogP contribution < -0.4 is 10.5 Å². The van der Waals surface area contributed by atoms with Gasteiger partial charge in [-0.2, -0.15) is 0 Å². The molecule has 0 fully saturated rings. The van der Waals surface area contributed by atoms with E-state index in [-0.39, 0.29) is 16.4 Å². The van der Waals surface area contributed by atoms with E-state index in [2.05, 4.69) is 21.2 Å². The summed E-state index contributed by atoms with van der Waals surface area (Å²) in [6.45, 7) is 1.90. The molecule has 0 aliphatic rings. The largest absolute Gasteiger partial charge is 0.352 e. The third kappa shape index (κ3) is 5.50. The smallest absolute Gasteiger partial charge is 0.251 e. The van der Waals surface area contributed by atoms with Crippen LogP contribution in [0.4, 0.5) is 0 Å². The van der Waals surface area contributed by atoms with Crippen LogP contribution in [0.5, 0.6) is 0 Å². The van der Waals surface area contributed by atoms with Gasteiger partial charge >= 0.3 is 0 Å². The highest BCUT2D eigenvalue weighted by Gasteiger charge is 2.19. The standard InChI is InChI=1S/C12H17BrN2O4S2/c1-8-10(12(16)15-4-3-5-20(2)17)6-9(13)7-11(8)21(14,18)19/h6-7H,3-5H2,1-2H3,(H,15,16)(H2,14,18,19). The van der Waals surface area contributed by atoms with Crippen molar-refractivity contribution in [3.8, 4) is 0 Å². The number of amides is 1. The van der Waals surface area contributed by atoms with Crippen LogP contribution in [0.25, 0.3) is 0 Å². The Balaban J connectivity index is 2.95. The molecule has 0 saturated carbocycles. The predicted octanol–water partition coefficient (Wildman–Crippen LogP) is 0.903. The zero-order chi connectivity index (χ0) is 16.2. The lowest BCUT2D eigenvalue weighted by molar-refractivity contribution is 0.0953. The number of nitrogens with two attached hydrogens (primary N) is 1. The SMILES string of the molecule is Cc1c(C(=O)NCCCS(C)=O)cc(Br)cc1S(N)(=O)=O. The Morgan fingerprint density at radius 2 is 2.05 bits per heavy atom. The van der Waals surface area contributed by atoms with Crippen molar-refractivity contribution in [2.45, 2.75) is 18.2 Å². The lowest BCUT2D eigenvalue weighted by atomic mass is 10.1. The second-order valence-corrected chi connectivity index (χ2v) is 8.51. The zero-order valence-corrected chi connectivity index (χ0v) is 14.9. The maximum absolute atomic E-state index is 12.1. The van der Waals surface area contributed by atoms with Crippen LogP contribution in [0.3, 0.4) is 0 Å². The summed E-state index contributed by atoms with van der Waals surface area (Å²) in [6, 6.07) is 2.90. The summed E-state index contributed by atoms with van der Waals surface area (Å²) in [5.41, 5.74) is 0.545. The number of sulfonamides is 1. The minimum Gasteiger partial charge on any atom is -0.352 e. The van der Waals surface area contributed by atoms with Gasteiger partial charge < -0.3 is 5.32 Å². The third-order valence-electron chi connectivity index (χ3n) is 2.77. The summed E-state index contributed by atoms with van der Waals surface area (Å²) in [4.78, 5) is 12.0. The molecule has 6 nitrogen and oxygen atoms in total. The van der Waals surface area contributed by atoms with E-state index in [0.29, 0.717) is 28.8 Å². The summed E-state index contributed by atoms with van der Waals surface area (Å²) >= 11 is 3.17. The molecule has 0 aliphatic carbocycles. The van der Waals surface area contributed by atoms with Gasteiger partial charge in [-0.1, -0.05) is 15.9 Å². The predicted molar refractivity (Wildman–Crippen MR) is 86.1 cm³/mol. The van der Waals surface area contributed by atoms with Crippen molar-refractivity contribution < 1.29 is 17.4 Å². The number of hydrogen-bond acceptors (Lipinski definition) is 4. The quantitative estimate of drug-likeness (QED) is 0.696. The molecule has 1 aromatic rings. The molecule has 1 atom stereocenters. The summed E-state index contributed by atoms with van der Waals surface area (Å²) < 4.78 is 34.4. The molecular formula is C12H17BrN2O4S2. The third-order valence-corrected chi connectivity index (χ3v) is 5.13. The molecule has 0 heterocycles. The average Bonchev–Trinajstić information content (AvgIpc) is 2.35. The first kappa shape index (κ1) is 18.3. The minimum absolute atomic E-state index is 0.0864. The van der Waals surface area contributed by atoms with E-state index in [1.807, 2.05) is 0 Å². The van der Waals surface area contributed by atoms with Crippen molar-refractivity contribution in [3.63, 3.8) is 0 Å². The highest BCUT2D eigenvalue weighted by Crippen LogP contribution is 2.24. The molecule has 1 aromatic carbocycles. The maximum Gasteiger partial charge on any atom is 0.251 e. The van der Waals surface area contributed by atoms with Gasteiger partial charge in [-0.15, -0.1) is 0 Å². The summed E-state index contributed by atoms with van der Waals surface area (Å²) in [7, 11) is -4.80. The van der Waals surface area contributed by atoms with Gasteiger partial charge in [-0.05, 0) is 31.0 Å². The number of hydrogen-bond donors (Lipinski definition) is 2. The van der Waals surface area contributed by atoms with E-state index in [1.165, 1.54) is 19.1 Å². The zero-order valence-electron chi connectivity index (χ0n) is 11.7. The fourth-order valence-corrected chi connectivity index (χ4v) is 3.75. The van der Waals surface area contributed by atoms with Crippen LogP contribution >= 0.6 is 15.9 Å². The highest BCUT2D eigenvalue weighted by atomic mass is 79.9. The molecule has 0 saturated heterocycles. The lowest BCUT2D eigenvalue weighted by Gasteiger charge is -2.11. The maximum atomic E-state index is 12.1. The number of benzene rings is 1. The van der Waals surface area contributed by atoms with E-state index >= 15 is 0 Å². The number of primary sulfonamides is 1. The molecule has 1 unspecified atom stereocenters. The molecule has 3 N–H and O–H groups in total. The van der Waals surface area contributed by atoms with E-state index in [9.17, 15) is 17.4 Å². The first-order chi connectivity index (χ1) is 9.62. The fourth-order valence-electron chi connectivity index (χ4n) is 1.76. The van der Waals surface area contributed by atoms with Gasteiger partial charge in [-0.3, -0.25) is 9.00 Å². The molecule has 9 heteroatoms. The summed E-state index contributed by atoms with van der Waals surface area (Å²) in [6.07, 6.45) is 2.18. The summed E-state index contributed by atoms with van der Waals surface area (Å²) in [5.74, 6) is 0.112. The Kier molecular flexibility index (Phi) is 6.51. The molecule has 0 radical (unpaired) electrons. The normalized spacial score (nSPS) is 13.0. The van der Waals surface area contributed by atoms with Gasteiger partial charge in [0.25, 0.3) is 5.91 Å². The first-order valence-corrected chi connectivity index (χ1v) is 10.1. The Hall–Kier alpha value is -0.770. The molecule has 0 spiro atoms.